The van der Waals surface area contributed by atoms with Crippen LogP contribution in [0.4, 0.5) is 0 Å². The number of nitrogens with zero attached hydrogens (tertiary/aromatic N) is 1. The van der Waals surface area contributed by atoms with Crippen molar-refractivity contribution in [2.75, 3.05) is 18.9 Å². The molecule has 1 saturated heterocycles. The summed E-state index contributed by atoms with van der Waals surface area (Å²) in [6.45, 7) is 2.81. The number of hydrogen-bond donors (Lipinski definition) is 0. The van der Waals surface area contributed by atoms with Gasteiger partial charge in [-0.3, -0.25) is 4.79 Å². The number of amides is 1. The molecular weight excluding hydrogens is 286 g/mol. The van der Waals surface area contributed by atoms with E-state index in [1.165, 1.54) is 0 Å². The molecule has 0 N–H and O–H groups in total. The van der Waals surface area contributed by atoms with Gasteiger partial charge in [0.15, 0.2) is 0 Å². The first-order valence-corrected chi connectivity index (χ1v) is 8.35. The summed E-state index contributed by atoms with van der Waals surface area (Å²) in [7, 11) is 0. The first kappa shape index (κ1) is 15.9. The highest BCUT2D eigenvalue weighted by Gasteiger charge is 2.34. The molecule has 0 radical (unpaired) electrons. The first-order valence-electron chi connectivity index (χ1n) is 7.36. The lowest BCUT2D eigenvalue weighted by Crippen LogP contribution is -2.41. The van der Waals surface area contributed by atoms with Gasteiger partial charge in [-0.2, -0.15) is 0 Å². The van der Waals surface area contributed by atoms with Gasteiger partial charge in [0.05, 0.1) is 6.61 Å². The van der Waals surface area contributed by atoms with E-state index in [1.807, 2.05) is 30.3 Å². The van der Waals surface area contributed by atoms with E-state index < -0.39 is 0 Å². The zero-order chi connectivity index (χ0) is 15.1. The number of thioether (sulfide) groups is 1. The predicted octanol–water partition coefficient (Wildman–Crippen LogP) is 2.72. The van der Waals surface area contributed by atoms with Gasteiger partial charge in [0, 0.05) is 23.6 Å². The van der Waals surface area contributed by atoms with Crippen LogP contribution in [0.3, 0.4) is 0 Å². The molecule has 0 aromatic heterocycles. The Morgan fingerprint density at radius 2 is 2.10 bits per heavy atom. The number of rotatable bonds is 6. The van der Waals surface area contributed by atoms with Crippen molar-refractivity contribution < 1.29 is 14.3 Å². The molecule has 1 aromatic carbocycles. The lowest BCUT2D eigenvalue weighted by molar-refractivity contribution is -0.152. The van der Waals surface area contributed by atoms with E-state index in [-0.39, 0.29) is 17.9 Å². The van der Waals surface area contributed by atoms with Gasteiger partial charge in [0.2, 0.25) is 5.91 Å². The summed E-state index contributed by atoms with van der Waals surface area (Å²) in [4.78, 5) is 26.9. The lowest BCUT2D eigenvalue weighted by atomic mass is 10.2. The second kappa shape index (κ2) is 8.08. The Labute approximate surface area is 129 Å². The van der Waals surface area contributed by atoms with Crippen LogP contribution >= 0.6 is 11.8 Å². The van der Waals surface area contributed by atoms with Crippen LogP contribution < -0.4 is 0 Å². The standard InChI is InChI=1S/C16H21NO3S/c1-2-20-16(19)14-9-6-11-17(14)15(18)10-12-21-13-7-4-3-5-8-13/h3-5,7-8,14H,2,6,9-12H2,1H3. The van der Waals surface area contributed by atoms with E-state index in [4.69, 9.17) is 4.74 Å². The minimum Gasteiger partial charge on any atom is -0.464 e. The largest absolute Gasteiger partial charge is 0.464 e. The van der Waals surface area contributed by atoms with Crippen molar-refractivity contribution in [3.05, 3.63) is 30.3 Å². The molecule has 114 valence electrons. The Balaban J connectivity index is 1.80. The summed E-state index contributed by atoms with van der Waals surface area (Å²) >= 11 is 1.66. The van der Waals surface area contributed by atoms with Crippen LogP contribution in [0.15, 0.2) is 35.2 Å². The topological polar surface area (TPSA) is 46.6 Å². The van der Waals surface area contributed by atoms with Crippen molar-refractivity contribution in [3.8, 4) is 0 Å². The van der Waals surface area contributed by atoms with Crippen LogP contribution in [0.5, 0.6) is 0 Å². The molecule has 2 rings (SSSR count). The summed E-state index contributed by atoms with van der Waals surface area (Å²) in [6.07, 6.45) is 2.05. The summed E-state index contributed by atoms with van der Waals surface area (Å²) in [6, 6.07) is 9.64. The molecule has 1 aliphatic heterocycles. The average Bonchev–Trinajstić information content (AvgIpc) is 2.98. The van der Waals surface area contributed by atoms with Gasteiger partial charge >= 0.3 is 5.97 Å². The molecule has 1 fully saturated rings. The van der Waals surface area contributed by atoms with E-state index in [0.717, 1.165) is 23.5 Å². The van der Waals surface area contributed by atoms with Gasteiger partial charge in [-0.15, -0.1) is 11.8 Å². The Kier molecular flexibility index (Phi) is 6.11. The second-order valence-electron chi connectivity index (χ2n) is 4.91. The highest BCUT2D eigenvalue weighted by atomic mass is 32.2. The van der Waals surface area contributed by atoms with Gasteiger partial charge in [0.25, 0.3) is 0 Å². The maximum atomic E-state index is 12.3. The second-order valence-corrected chi connectivity index (χ2v) is 6.08. The third kappa shape index (κ3) is 4.49. The van der Waals surface area contributed by atoms with Crippen LogP contribution in [0.2, 0.25) is 0 Å². The molecule has 0 saturated carbocycles. The zero-order valence-electron chi connectivity index (χ0n) is 12.3. The van der Waals surface area contributed by atoms with Crippen LogP contribution in [-0.4, -0.2) is 41.7 Å². The fraction of sp³-hybridized carbons (Fsp3) is 0.500. The molecule has 21 heavy (non-hydrogen) atoms. The summed E-state index contributed by atoms with van der Waals surface area (Å²) in [5.41, 5.74) is 0. The minimum atomic E-state index is -0.376. The fourth-order valence-electron chi connectivity index (χ4n) is 2.47. The van der Waals surface area contributed by atoms with Gasteiger partial charge in [0.1, 0.15) is 6.04 Å². The molecule has 1 atom stereocenters. The highest BCUT2D eigenvalue weighted by Crippen LogP contribution is 2.22. The Hall–Kier alpha value is -1.49. The highest BCUT2D eigenvalue weighted by molar-refractivity contribution is 7.99. The van der Waals surface area contributed by atoms with E-state index in [0.29, 0.717) is 19.6 Å². The molecule has 0 spiro atoms. The van der Waals surface area contributed by atoms with Gasteiger partial charge in [-0.1, -0.05) is 18.2 Å². The molecule has 1 aliphatic rings. The van der Waals surface area contributed by atoms with Gasteiger partial charge in [-0.25, -0.2) is 4.79 Å². The zero-order valence-corrected chi connectivity index (χ0v) is 13.1. The first-order chi connectivity index (χ1) is 10.2. The van der Waals surface area contributed by atoms with Crippen LogP contribution in [0, 0.1) is 0 Å². The maximum absolute atomic E-state index is 12.3. The normalized spacial score (nSPS) is 17.8. The molecule has 1 unspecified atom stereocenters. The number of ether oxygens (including phenoxy) is 1. The van der Waals surface area contributed by atoms with Crippen molar-refractivity contribution in [1.82, 2.24) is 4.90 Å². The molecule has 0 bridgehead atoms. The third-order valence-corrected chi connectivity index (χ3v) is 4.47. The molecule has 1 amide bonds. The number of carbonyl (C=O) groups excluding carboxylic acids is 2. The van der Waals surface area contributed by atoms with Crippen molar-refractivity contribution in [1.29, 1.82) is 0 Å². The Bertz CT molecular complexity index is 478. The predicted molar refractivity (Wildman–Crippen MR) is 83.2 cm³/mol. The van der Waals surface area contributed by atoms with Crippen LogP contribution in [0.25, 0.3) is 0 Å². The monoisotopic (exact) mass is 307 g/mol. The molecule has 1 heterocycles. The number of likely N-dealkylation sites (tertiary alicyclic amines) is 1. The van der Waals surface area contributed by atoms with Crippen molar-refractivity contribution >= 4 is 23.6 Å². The molecule has 0 aliphatic carbocycles. The van der Waals surface area contributed by atoms with Gasteiger partial charge in [-0.05, 0) is 31.9 Å². The summed E-state index contributed by atoms with van der Waals surface area (Å²) < 4.78 is 5.04. The average molecular weight is 307 g/mol. The Morgan fingerprint density at radius 3 is 2.81 bits per heavy atom. The van der Waals surface area contributed by atoms with E-state index in [2.05, 4.69) is 0 Å². The number of benzene rings is 1. The SMILES string of the molecule is CCOC(=O)C1CCCN1C(=O)CCSc1ccccc1. The third-order valence-electron chi connectivity index (χ3n) is 3.46. The molecular formula is C16H21NO3S. The number of esters is 1. The summed E-state index contributed by atoms with van der Waals surface area (Å²) in [5, 5.41) is 0. The number of hydrogen-bond acceptors (Lipinski definition) is 4. The summed E-state index contributed by atoms with van der Waals surface area (Å²) in [5.74, 6) is 0.516. The van der Waals surface area contributed by atoms with Crippen molar-refractivity contribution in [2.45, 2.75) is 37.1 Å². The smallest absolute Gasteiger partial charge is 0.328 e. The van der Waals surface area contributed by atoms with Crippen molar-refractivity contribution in [2.24, 2.45) is 0 Å². The van der Waals surface area contributed by atoms with Crippen LogP contribution in [0.1, 0.15) is 26.2 Å². The van der Waals surface area contributed by atoms with E-state index in [1.54, 1.807) is 23.6 Å². The van der Waals surface area contributed by atoms with Crippen molar-refractivity contribution in [3.63, 3.8) is 0 Å². The quantitative estimate of drug-likeness (QED) is 0.599. The number of carbonyl (C=O) groups is 2. The molecule has 1 aromatic rings. The molecule has 5 heteroatoms. The van der Waals surface area contributed by atoms with Crippen LogP contribution in [-0.2, 0) is 14.3 Å². The maximum Gasteiger partial charge on any atom is 0.328 e. The lowest BCUT2D eigenvalue weighted by Gasteiger charge is -2.23. The fourth-order valence-corrected chi connectivity index (χ4v) is 3.33. The van der Waals surface area contributed by atoms with Gasteiger partial charge < -0.3 is 9.64 Å². The Morgan fingerprint density at radius 1 is 1.33 bits per heavy atom. The molecule has 4 nitrogen and oxygen atoms in total. The van der Waals surface area contributed by atoms with E-state index >= 15 is 0 Å². The minimum absolute atomic E-state index is 0.0500. The van der Waals surface area contributed by atoms with E-state index in [9.17, 15) is 9.59 Å².